The topological polar surface area (TPSA) is 45.7 Å². The number of carbonyl (C=O) groups is 1. The highest BCUT2D eigenvalue weighted by atomic mass is 16.1. The van der Waals surface area contributed by atoms with Gasteiger partial charge in [0.2, 0.25) is 0 Å². The molecule has 0 bridgehead atoms. The standard InChI is InChI=1S/C20H26N2O/c1-14(2)20(17-8-6-5-7-9-17)21-13-19(23)22-18-11-10-15(3)16(4)12-18/h5-12,14,20-21H,13H2,1-4H3,(H,22,23)/p+1/t20-/m1/s1. The van der Waals surface area contributed by atoms with Crippen LogP contribution in [0.5, 0.6) is 0 Å². The minimum absolute atomic E-state index is 0.0369. The van der Waals surface area contributed by atoms with Crippen LogP contribution in [0.1, 0.15) is 36.6 Å². The van der Waals surface area contributed by atoms with E-state index in [0.29, 0.717) is 18.5 Å². The lowest BCUT2D eigenvalue weighted by atomic mass is 9.96. The van der Waals surface area contributed by atoms with Crippen molar-refractivity contribution in [3.8, 4) is 0 Å². The number of aryl methyl sites for hydroxylation is 2. The molecule has 0 fully saturated rings. The summed E-state index contributed by atoms with van der Waals surface area (Å²) in [6.07, 6.45) is 0. The number of anilines is 1. The van der Waals surface area contributed by atoms with E-state index in [4.69, 9.17) is 0 Å². The zero-order valence-electron chi connectivity index (χ0n) is 14.5. The first-order valence-electron chi connectivity index (χ1n) is 8.22. The van der Waals surface area contributed by atoms with Gasteiger partial charge in [0, 0.05) is 17.2 Å². The Kier molecular flexibility index (Phi) is 5.94. The summed E-state index contributed by atoms with van der Waals surface area (Å²) in [5.74, 6) is 0.502. The molecule has 2 aromatic carbocycles. The normalized spacial score (nSPS) is 12.2. The van der Waals surface area contributed by atoms with Gasteiger partial charge in [-0.3, -0.25) is 4.79 Å². The van der Waals surface area contributed by atoms with Gasteiger partial charge in [-0.2, -0.15) is 0 Å². The maximum absolute atomic E-state index is 12.2. The maximum Gasteiger partial charge on any atom is 0.279 e. The van der Waals surface area contributed by atoms with E-state index in [1.807, 2.05) is 36.4 Å². The highest BCUT2D eigenvalue weighted by Crippen LogP contribution is 2.17. The molecule has 2 aromatic rings. The van der Waals surface area contributed by atoms with Crippen molar-refractivity contribution in [1.29, 1.82) is 0 Å². The predicted octanol–water partition coefficient (Wildman–Crippen LogP) is 3.20. The maximum atomic E-state index is 12.2. The number of hydrogen-bond acceptors (Lipinski definition) is 1. The molecule has 0 radical (unpaired) electrons. The van der Waals surface area contributed by atoms with Gasteiger partial charge in [0.05, 0.1) is 0 Å². The quantitative estimate of drug-likeness (QED) is 0.845. The van der Waals surface area contributed by atoms with Crippen LogP contribution in [-0.4, -0.2) is 12.5 Å². The second-order valence-electron chi connectivity index (χ2n) is 6.47. The molecule has 2 rings (SSSR count). The van der Waals surface area contributed by atoms with Gasteiger partial charge in [0.1, 0.15) is 6.04 Å². The SMILES string of the molecule is Cc1ccc(NC(=O)C[NH2+][C@@H](c2ccccc2)C(C)C)cc1C. The molecule has 0 saturated carbocycles. The van der Waals surface area contributed by atoms with Gasteiger partial charge in [-0.15, -0.1) is 0 Å². The summed E-state index contributed by atoms with van der Waals surface area (Å²) in [6, 6.07) is 16.7. The predicted molar refractivity (Wildman–Crippen MR) is 95.4 cm³/mol. The third-order valence-electron chi connectivity index (χ3n) is 4.25. The number of nitrogens with two attached hydrogens (primary N) is 1. The Bertz CT molecular complexity index is 650. The Hall–Kier alpha value is -2.13. The zero-order valence-corrected chi connectivity index (χ0v) is 14.5. The molecular weight excluding hydrogens is 284 g/mol. The Labute approximate surface area is 139 Å². The first kappa shape index (κ1) is 17.2. The molecule has 0 aromatic heterocycles. The average Bonchev–Trinajstić information content (AvgIpc) is 2.52. The molecule has 122 valence electrons. The van der Waals surface area contributed by atoms with E-state index in [0.717, 1.165) is 5.69 Å². The molecule has 0 aliphatic rings. The van der Waals surface area contributed by atoms with E-state index in [1.54, 1.807) is 0 Å². The van der Waals surface area contributed by atoms with Crippen LogP contribution in [0.4, 0.5) is 5.69 Å². The number of rotatable bonds is 6. The minimum Gasteiger partial charge on any atom is -0.332 e. The lowest BCUT2D eigenvalue weighted by Crippen LogP contribution is -2.88. The van der Waals surface area contributed by atoms with Crippen LogP contribution < -0.4 is 10.6 Å². The first-order chi connectivity index (χ1) is 11.0. The van der Waals surface area contributed by atoms with Crippen molar-refractivity contribution in [2.75, 3.05) is 11.9 Å². The summed E-state index contributed by atoms with van der Waals surface area (Å²) in [5.41, 5.74) is 4.56. The van der Waals surface area contributed by atoms with Crippen molar-refractivity contribution in [1.82, 2.24) is 0 Å². The van der Waals surface area contributed by atoms with Crippen molar-refractivity contribution in [3.63, 3.8) is 0 Å². The highest BCUT2D eigenvalue weighted by molar-refractivity contribution is 5.91. The lowest BCUT2D eigenvalue weighted by Gasteiger charge is -2.19. The van der Waals surface area contributed by atoms with E-state index in [1.165, 1.54) is 16.7 Å². The number of hydrogen-bond donors (Lipinski definition) is 2. The van der Waals surface area contributed by atoms with Crippen LogP contribution >= 0.6 is 0 Å². The van der Waals surface area contributed by atoms with Crippen molar-refractivity contribution in [2.24, 2.45) is 5.92 Å². The molecule has 0 saturated heterocycles. The number of quaternary nitrogens is 1. The summed E-state index contributed by atoms with van der Waals surface area (Å²) in [5, 5.41) is 5.11. The van der Waals surface area contributed by atoms with Gasteiger partial charge in [0.15, 0.2) is 6.54 Å². The van der Waals surface area contributed by atoms with Crippen molar-refractivity contribution >= 4 is 11.6 Å². The highest BCUT2D eigenvalue weighted by Gasteiger charge is 2.20. The molecule has 1 amide bonds. The third kappa shape index (κ3) is 4.93. The fourth-order valence-electron chi connectivity index (χ4n) is 2.73. The second-order valence-corrected chi connectivity index (χ2v) is 6.47. The molecule has 0 heterocycles. The Morgan fingerprint density at radius 1 is 1.04 bits per heavy atom. The van der Waals surface area contributed by atoms with Crippen LogP contribution in [-0.2, 0) is 4.79 Å². The summed E-state index contributed by atoms with van der Waals surface area (Å²) >= 11 is 0. The summed E-state index contributed by atoms with van der Waals surface area (Å²) < 4.78 is 0. The smallest absolute Gasteiger partial charge is 0.279 e. The fourth-order valence-corrected chi connectivity index (χ4v) is 2.73. The second kappa shape index (κ2) is 7.93. The van der Waals surface area contributed by atoms with E-state index >= 15 is 0 Å². The number of benzene rings is 2. The Balaban J connectivity index is 1.95. The molecule has 0 aliphatic heterocycles. The van der Waals surface area contributed by atoms with Crippen molar-refractivity contribution < 1.29 is 10.1 Å². The molecule has 3 N–H and O–H groups in total. The van der Waals surface area contributed by atoms with Gasteiger partial charge in [-0.25, -0.2) is 0 Å². The van der Waals surface area contributed by atoms with Gasteiger partial charge >= 0.3 is 0 Å². The van der Waals surface area contributed by atoms with Crippen molar-refractivity contribution in [3.05, 3.63) is 65.2 Å². The van der Waals surface area contributed by atoms with E-state index in [2.05, 4.69) is 50.5 Å². The molecule has 0 aliphatic carbocycles. The zero-order chi connectivity index (χ0) is 16.8. The minimum atomic E-state index is 0.0369. The summed E-state index contributed by atoms with van der Waals surface area (Å²) in [6.45, 7) is 8.93. The molecule has 0 unspecified atom stereocenters. The Morgan fingerprint density at radius 2 is 1.74 bits per heavy atom. The average molecular weight is 311 g/mol. The van der Waals surface area contributed by atoms with Crippen LogP contribution in [0.25, 0.3) is 0 Å². The molecule has 3 heteroatoms. The number of amides is 1. The molecule has 0 spiro atoms. The van der Waals surface area contributed by atoms with Crippen LogP contribution in [0.2, 0.25) is 0 Å². The van der Waals surface area contributed by atoms with Crippen LogP contribution in [0, 0.1) is 19.8 Å². The third-order valence-corrected chi connectivity index (χ3v) is 4.25. The molecular formula is C20H27N2O+. The largest absolute Gasteiger partial charge is 0.332 e. The van der Waals surface area contributed by atoms with Crippen LogP contribution in [0.3, 0.4) is 0 Å². The van der Waals surface area contributed by atoms with E-state index < -0.39 is 0 Å². The Morgan fingerprint density at radius 3 is 2.35 bits per heavy atom. The molecule has 1 atom stereocenters. The summed E-state index contributed by atoms with van der Waals surface area (Å²) in [7, 11) is 0. The van der Waals surface area contributed by atoms with Gasteiger partial charge in [-0.05, 0) is 37.1 Å². The van der Waals surface area contributed by atoms with Gasteiger partial charge in [0.25, 0.3) is 5.91 Å². The van der Waals surface area contributed by atoms with Crippen LogP contribution in [0.15, 0.2) is 48.5 Å². The van der Waals surface area contributed by atoms with E-state index in [-0.39, 0.29) is 5.91 Å². The number of carbonyl (C=O) groups excluding carboxylic acids is 1. The van der Waals surface area contributed by atoms with Crippen molar-refractivity contribution in [2.45, 2.75) is 33.7 Å². The van der Waals surface area contributed by atoms with Gasteiger partial charge in [-0.1, -0.05) is 50.2 Å². The van der Waals surface area contributed by atoms with Gasteiger partial charge < -0.3 is 10.6 Å². The van der Waals surface area contributed by atoms with E-state index in [9.17, 15) is 4.79 Å². The first-order valence-corrected chi connectivity index (χ1v) is 8.22. The number of nitrogens with one attached hydrogen (secondary N) is 1. The fraction of sp³-hybridized carbons (Fsp3) is 0.350. The molecule has 23 heavy (non-hydrogen) atoms. The molecule has 3 nitrogen and oxygen atoms in total. The monoisotopic (exact) mass is 311 g/mol. The lowest BCUT2D eigenvalue weighted by molar-refractivity contribution is -0.692. The summed E-state index contributed by atoms with van der Waals surface area (Å²) in [4.78, 5) is 12.2.